The molecule has 7 nitrogen and oxygen atoms in total. The van der Waals surface area contributed by atoms with E-state index in [0.717, 1.165) is 27.1 Å². The summed E-state index contributed by atoms with van der Waals surface area (Å²) in [5, 5.41) is 16.6. The molecule has 0 aliphatic rings. The maximum Gasteiger partial charge on any atom is 0.269 e. The fraction of sp³-hybridized carbons (Fsp3) is 0.148. The van der Waals surface area contributed by atoms with Gasteiger partial charge in [0, 0.05) is 24.2 Å². The Morgan fingerprint density at radius 1 is 0.971 bits per heavy atom. The zero-order chi connectivity index (χ0) is 24.1. The van der Waals surface area contributed by atoms with E-state index >= 15 is 0 Å². The number of fused-ring (bicyclic) bond motifs is 2. The lowest BCUT2D eigenvalue weighted by Crippen LogP contribution is -2.39. The van der Waals surface area contributed by atoms with Crippen LogP contribution in [0, 0.1) is 11.3 Å². The van der Waals surface area contributed by atoms with E-state index in [2.05, 4.69) is 28.3 Å². The van der Waals surface area contributed by atoms with Crippen LogP contribution in [0.5, 0.6) is 5.75 Å². The second-order valence-corrected chi connectivity index (χ2v) is 7.72. The standard InChI is InChI=1S/C27H24N4O3/c1-3-34-25-15-20(29-17(2)32)12-13-23(25)27(33)31-30-24(16-28)26-21-10-6-4-8-18(21)14-19-9-5-7-11-22(19)26/h4-15,24,30H,3H2,1-2H3,(H,29,32)(H,31,33)/t24-/m1/s1. The summed E-state index contributed by atoms with van der Waals surface area (Å²) in [5.74, 6) is -0.347. The number of nitriles is 1. The van der Waals surface area contributed by atoms with Crippen molar-refractivity contribution in [2.45, 2.75) is 19.9 Å². The van der Waals surface area contributed by atoms with Gasteiger partial charge in [-0.05, 0) is 46.7 Å². The molecule has 7 heteroatoms. The number of hydrogen-bond acceptors (Lipinski definition) is 5. The molecule has 2 amide bonds. The maximum atomic E-state index is 13.0. The normalized spacial score (nSPS) is 11.6. The molecule has 0 unspecified atom stereocenters. The Balaban J connectivity index is 1.65. The third kappa shape index (κ3) is 4.68. The highest BCUT2D eigenvalue weighted by Gasteiger charge is 2.20. The lowest BCUT2D eigenvalue weighted by molar-refractivity contribution is -0.114. The molecule has 34 heavy (non-hydrogen) atoms. The summed E-state index contributed by atoms with van der Waals surface area (Å²) in [6.07, 6.45) is 0. The van der Waals surface area contributed by atoms with Gasteiger partial charge in [-0.3, -0.25) is 15.0 Å². The van der Waals surface area contributed by atoms with E-state index in [1.165, 1.54) is 6.92 Å². The Kier molecular flexibility index (Phi) is 6.72. The Morgan fingerprint density at radius 2 is 1.62 bits per heavy atom. The van der Waals surface area contributed by atoms with E-state index in [9.17, 15) is 14.9 Å². The molecule has 0 saturated carbocycles. The predicted molar refractivity (Wildman–Crippen MR) is 132 cm³/mol. The molecule has 0 fully saturated rings. The van der Waals surface area contributed by atoms with Crippen molar-refractivity contribution in [2.75, 3.05) is 11.9 Å². The van der Waals surface area contributed by atoms with Crippen molar-refractivity contribution in [2.24, 2.45) is 0 Å². The van der Waals surface area contributed by atoms with Gasteiger partial charge in [0.05, 0.1) is 18.2 Å². The first-order valence-corrected chi connectivity index (χ1v) is 10.9. The molecule has 0 aromatic heterocycles. The summed E-state index contributed by atoms with van der Waals surface area (Å²) in [5.41, 5.74) is 7.16. The first kappa shape index (κ1) is 22.8. The van der Waals surface area contributed by atoms with Crippen molar-refractivity contribution in [3.05, 3.63) is 83.9 Å². The molecule has 0 saturated heterocycles. The number of benzene rings is 4. The van der Waals surface area contributed by atoms with Gasteiger partial charge < -0.3 is 10.1 Å². The number of carbonyl (C=O) groups excluding carboxylic acids is 2. The van der Waals surface area contributed by atoms with Crippen LogP contribution < -0.4 is 20.9 Å². The summed E-state index contributed by atoms with van der Waals surface area (Å²) in [4.78, 5) is 24.4. The Hall–Kier alpha value is -4.41. The van der Waals surface area contributed by atoms with Crippen LogP contribution in [-0.2, 0) is 4.79 Å². The average molecular weight is 453 g/mol. The van der Waals surface area contributed by atoms with E-state index < -0.39 is 11.9 Å². The molecule has 0 spiro atoms. The summed E-state index contributed by atoms with van der Waals surface area (Å²) in [6, 6.07) is 24.1. The van der Waals surface area contributed by atoms with Crippen molar-refractivity contribution in [1.82, 2.24) is 10.9 Å². The first-order valence-electron chi connectivity index (χ1n) is 10.9. The highest BCUT2D eigenvalue weighted by Crippen LogP contribution is 2.32. The van der Waals surface area contributed by atoms with Gasteiger partial charge in [0.2, 0.25) is 5.91 Å². The van der Waals surface area contributed by atoms with Gasteiger partial charge in [0.25, 0.3) is 5.91 Å². The van der Waals surface area contributed by atoms with Crippen LogP contribution >= 0.6 is 0 Å². The number of hydrogen-bond donors (Lipinski definition) is 3. The smallest absolute Gasteiger partial charge is 0.269 e. The molecular weight excluding hydrogens is 428 g/mol. The van der Waals surface area contributed by atoms with Crippen LogP contribution in [-0.4, -0.2) is 18.4 Å². The minimum Gasteiger partial charge on any atom is -0.493 e. The van der Waals surface area contributed by atoms with Crippen molar-refractivity contribution in [1.29, 1.82) is 5.26 Å². The number of carbonyl (C=O) groups is 2. The lowest BCUT2D eigenvalue weighted by Gasteiger charge is -2.19. The summed E-state index contributed by atoms with van der Waals surface area (Å²) in [6.45, 7) is 3.56. The van der Waals surface area contributed by atoms with E-state index in [-0.39, 0.29) is 11.5 Å². The Labute approximate surface area is 197 Å². The molecule has 4 aromatic rings. The van der Waals surface area contributed by atoms with Crippen LogP contribution in [0.1, 0.15) is 35.8 Å². The molecule has 0 heterocycles. The third-order valence-electron chi connectivity index (χ3n) is 5.41. The van der Waals surface area contributed by atoms with Crippen LogP contribution in [0.4, 0.5) is 5.69 Å². The highest BCUT2D eigenvalue weighted by molar-refractivity contribution is 6.03. The SMILES string of the molecule is CCOc1cc(NC(C)=O)ccc1C(=O)NN[C@H](C#N)c1c2ccccc2cc2ccccc12. The molecule has 0 aliphatic heterocycles. The number of hydrazine groups is 1. The molecule has 0 bridgehead atoms. The lowest BCUT2D eigenvalue weighted by atomic mass is 9.93. The van der Waals surface area contributed by atoms with Crippen LogP contribution in [0.15, 0.2) is 72.8 Å². The summed E-state index contributed by atoms with van der Waals surface area (Å²) in [7, 11) is 0. The number of rotatable bonds is 7. The average Bonchev–Trinajstić information content (AvgIpc) is 2.83. The molecule has 1 atom stereocenters. The zero-order valence-corrected chi connectivity index (χ0v) is 18.9. The number of nitrogens with zero attached hydrogens (tertiary/aromatic N) is 1. The molecule has 0 aliphatic carbocycles. The number of anilines is 1. The van der Waals surface area contributed by atoms with Gasteiger partial charge in [-0.15, -0.1) is 0 Å². The van der Waals surface area contributed by atoms with Crippen molar-refractivity contribution in [3.8, 4) is 11.8 Å². The van der Waals surface area contributed by atoms with E-state index in [1.807, 2.05) is 55.5 Å². The number of amides is 2. The quantitative estimate of drug-likeness (QED) is 0.275. The topological polar surface area (TPSA) is 103 Å². The summed E-state index contributed by atoms with van der Waals surface area (Å²) < 4.78 is 5.61. The molecule has 0 radical (unpaired) electrons. The number of nitrogens with one attached hydrogen (secondary N) is 3. The van der Waals surface area contributed by atoms with E-state index in [1.54, 1.807) is 18.2 Å². The second-order valence-electron chi connectivity index (χ2n) is 7.72. The first-order chi connectivity index (χ1) is 16.5. The molecule has 4 aromatic carbocycles. The largest absolute Gasteiger partial charge is 0.493 e. The van der Waals surface area contributed by atoms with Gasteiger partial charge in [-0.25, -0.2) is 5.43 Å². The highest BCUT2D eigenvalue weighted by atomic mass is 16.5. The fourth-order valence-corrected chi connectivity index (χ4v) is 4.00. The monoisotopic (exact) mass is 452 g/mol. The van der Waals surface area contributed by atoms with E-state index in [0.29, 0.717) is 18.0 Å². The fourth-order valence-electron chi connectivity index (χ4n) is 4.00. The zero-order valence-electron chi connectivity index (χ0n) is 18.9. The van der Waals surface area contributed by atoms with Gasteiger partial charge in [0.15, 0.2) is 0 Å². The molecule has 3 N–H and O–H groups in total. The Bertz CT molecular complexity index is 1370. The van der Waals surface area contributed by atoms with Crippen LogP contribution in [0.2, 0.25) is 0 Å². The molecule has 4 rings (SSSR count). The van der Waals surface area contributed by atoms with Crippen molar-refractivity contribution < 1.29 is 14.3 Å². The second kappa shape index (κ2) is 10.0. The van der Waals surface area contributed by atoms with E-state index in [4.69, 9.17) is 4.74 Å². The molecular formula is C27H24N4O3. The predicted octanol–water partition coefficient (Wildman–Crippen LogP) is 4.85. The molecule has 170 valence electrons. The minimum atomic E-state index is -0.797. The van der Waals surface area contributed by atoms with Gasteiger partial charge in [0.1, 0.15) is 11.8 Å². The van der Waals surface area contributed by atoms with Gasteiger partial charge in [-0.1, -0.05) is 48.5 Å². The van der Waals surface area contributed by atoms with Crippen molar-refractivity contribution in [3.63, 3.8) is 0 Å². The van der Waals surface area contributed by atoms with Gasteiger partial charge >= 0.3 is 0 Å². The maximum absolute atomic E-state index is 13.0. The van der Waals surface area contributed by atoms with Crippen LogP contribution in [0.3, 0.4) is 0 Å². The summed E-state index contributed by atoms with van der Waals surface area (Å²) >= 11 is 0. The van der Waals surface area contributed by atoms with Crippen LogP contribution in [0.25, 0.3) is 21.5 Å². The third-order valence-corrected chi connectivity index (χ3v) is 5.41. The number of ether oxygens (including phenoxy) is 1. The minimum absolute atomic E-state index is 0.222. The van der Waals surface area contributed by atoms with Crippen molar-refractivity contribution >= 4 is 39.0 Å². The van der Waals surface area contributed by atoms with Gasteiger partial charge in [-0.2, -0.15) is 5.26 Å². The Morgan fingerprint density at radius 3 is 2.21 bits per heavy atom.